The Morgan fingerprint density at radius 1 is 1.44 bits per heavy atom. The predicted molar refractivity (Wildman–Crippen MR) is 66.4 cm³/mol. The molecule has 2 nitrogen and oxygen atoms in total. The van der Waals surface area contributed by atoms with Gasteiger partial charge in [-0.2, -0.15) is 0 Å². The molecule has 2 heteroatoms. The van der Waals surface area contributed by atoms with E-state index in [-0.39, 0.29) is 6.61 Å². The molecule has 1 aliphatic carbocycles. The van der Waals surface area contributed by atoms with Gasteiger partial charge in [0.15, 0.2) is 0 Å². The lowest BCUT2D eigenvalue weighted by Crippen LogP contribution is -2.33. The van der Waals surface area contributed by atoms with Crippen LogP contribution in [0, 0.1) is 0 Å². The monoisotopic (exact) mass is 219 g/mol. The van der Waals surface area contributed by atoms with E-state index in [2.05, 4.69) is 36.5 Å². The van der Waals surface area contributed by atoms with Crippen LogP contribution < -0.4 is 5.32 Å². The fourth-order valence-corrected chi connectivity index (χ4v) is 2.55. The smallest absolute Gasteiger partial charge is 0.0445 e. The number of nitrogens with one attached hydrogen (secondary N) is 1. The fraction of sp³-hybridized carbons (Fsp3) is 0.571. The van der Waals surface area contributed by atoms with Gasteiger partial charge in [0, 0.05) is 18.7 Å². The molecule has 0 aliphatic heterocycles. The number of hydrogen-bond donors (Lipinski definition) is 2. The molecule has 1 unspecified atom stereocenters. The average Bonchev–Trinajstić information content (AvgIpc) is 2.30. The molecule has 2 atom stereocenters. The number of hydrogen-bond acceptors (Lipinski definition) is 2. The summed E-state index contributed by atoms with van der Waals surface area (Å²) in [7, 11) is 0. The molecule has 0 aromatic heterocycles. The molecule has 0 saturated heterocycles. The van der Waals surface area contributed by atoms with E-state index in [1.54, 1.807) is 0 Å². The van der Waals surface area contributed by atoms with Crippen LogP contribution in [0.3, 0.4) is 0 Å². The van der Waals surface area contributed by atoms with E-state index in [4.69, 9.17) is 5.11 Å². The second-order valence-electron chi connectivity index (χ2n) is 4.72. The Kier molecular flexibility index (Phi) is 3.97. The molecule has 0 amide bonds. The highest BCUT2D eigenvalue weighted by Gasteiger charge is 2.20. The summed E-state index contributed by atoms with van der Waals surface area (Å²) < 4.78 is 0. The summed E-state index contributed by atoms with van der Waals surface area (Å²) in [6.07, 6.45) is 4.52. The summed E-state index contributed by atoms with van der Waals surface area (Å²) in [4.78, 5) is 0. The SMILES string of the molecule is C[C@H](CCO)NC1CCCc2ccccc21. The van der Waals surface area contributed by atoms with Gasteiger partial charge < -0.3 is 10.4 Å². The van der Waals surface area contributed by atoms with Gasteiger partial charge in [-0.25, -0.2) is 0 Å². The summed E-state index contributed by atoms with van der Waals surface area (Å²) in [5.41, 5.74) is 2.95. The predicted octanol–water partition coefficient (Wildman–Crippen LogP) is 2.42. The van der Waals surface area contributed by atoms with Crippen molar-refractivity contribution in [3.8, 4) is 0 Å². The summed E-state index contributed by atoms with van der Waals surface area (Å²) >= 11 is 0. The highest BCUT2D eigenvalue weighted by molar-refractivity contribution is 5.32. The zero-order chi connectivity index (χ0) is 11.4. The first-order valence-electron chi connectivity index (χ1n) is 6.26. The molecule has 1 aromatic carbocycles. The van der Waals surface area contributed by atoms with Crippen LogP contribution in [-0.4, -0.2) is 17.8 Å². The number of benzene rings is 1. The molecule has 1 aliphatic rings. The zero-order valence-corrected chi connectivity index (χ0v) is 9.95. The zero-order valence-electron chi connectivity index (χ0n) is 9.95. The first kappa shape index (κ1) is 11.6. The van der Waals surface area contributed by atoms with Crippen molar-refractivity contribution in [3.63, 3.8) is 0 Å². The maximum Gasteiger partial charge on any atom is 0.0445 e. The van der Waals surface area contributed by atoms with Gasteiger partial charge in [0.2, 0.25) is 0 Å². The Morgan fingerprint density at radius 3 is 3.06 bits per heavy atom. The molecule has 2 rings (SSSR count). The molecule has 16 heavy (non-hydrogen) atoms. The number of aliphatic hydroxyl groups excluding tert-OH is 1. The van der Waals surface area contributed by atoms with E-state index in [0.717, 1.165) is 6.42 Å². The van der Waals surface area contributed by atoms with Crippen LogP contribution in [0.2, 0.25) is 0 Å². The van der Waals surface area contributed by atoms with Crippen LogP contribution >= 0.6 is 0 Å². The van der Waals surface area contributed by atoms with Gasteiger partial charge in [0.05, 0.1) is 0 Å². The van der Waals surface area contributed by atoms with E-state index < -0.39 is 0 Å². The van der Waals surface area contributed by atoms with E-state index in [1.807, 2.05) is 0 Å². The highest BCUT2D eigenvalue weighted by atomic mass is 16.3. The first-order chi connectivity index (χ1) is 7.81. The van der Waals surface area contributed by atoms with Crippen molar-refractivity contribution in [1.82, 2.24) is 5.32 Å². The second kappa shape index (κ2) is 5.46. The minimum Gasteiger partial charge on any atom is -0.396 e. The molecule has 0 heterocycles. The van der Waals surface area contributed by atoms with Crippen LogP contribution in [0.5, 0.6) is 0 Å². The number of fused-ring (bicyclic) bond motifs is 1. The minimum atomic E-state index is 0.266. The van der Waals surface area contributed by atoms with E-state index in [1.165, 1.54) is 30.4 Å². The van der Waals surface area contributed by atoms with Gasteiger partial charge in [-0.15, -0.1) is 0 Å². The molecule has 1 aromatic rings. The topological polar surface area (TPSA) is 32.3 Å². The second-order valence-corrected chi connectivity index (χ2v) is 4.72. The van der Waals surface area contributed by atoms with Crippen LogP contribution in [0.4, 0.5) is 0 Å². The van der Waals surface area contributed by atoms with Crippen LogP contribution in [0.25, 0.3) is 0 Å². The summed E-state index contributed by atoms with van der Waals surface area (Å²) in [6, 6.07) is 9.58. The quantitative estimate of drug-likeness (QED) is 0.815. The molecular formula is C14H21NO. The molecule has 2 N–H and O–H groups in total. The molecular weight excluding hydrogens is 198 g/mol. The third kappa shape index (κ3) is 2.63. The Balaban J connectivity index is 2.07. The lowest BCUT2D eigenvalue weighted by molar-refractivity contribution is 0.260. The molecule has 0 spiro atoms. The third-order valence-corrected chi connectivity index (χ3v) is 3.42. The van der Waals surface area contributed by atoms with Crippen LogP contribution in [0.15, 0.2) is 24.3 Å². The average molecular weight is 219 g/mol. The van der Waals surface area contributed by atoms with E-state index in [9.17, 15) is 0 Å². The maximum atomic E-state index is 8.92. The van der Waals surface area contributed by atoms with Crippen molar-refractivity contribution < 1.29 is 5.11 Å². The Hall–Kier alpha value is -0.860. The van der Waals surface area contributed by atoms with Crippen molar-refractivity contribution in [2.75, 3.05) is 6.61 Å². The minimum absolute atomic E-state index is 0.266. The maximum absolute atomic E-state index is 8.92. The van der Waals surface area contributed by atoms with Crippen molar-refractivity contribution in [2.45, 2.75) is 44.7 Å². The number of aliphatic hydroxyl groups is 1. The molecule has 0 bridgehead atoms. The highest BCUT2D eigenvalue weighted by Crippen LogP contribution is 2.29. The van der Waals surface area contributed by atoms with Gasteiger partial charge in [-0.05, 0) is 43.7 Å². The van der Waals surface area contributed by atoms with Crippen molar-refractivity contribution in [2.24, 2.45) is 0 Å². The molecule has 88 valence electrons. The van der Waals surface area contributed by atoms with Crippen molar-refractivity contribution >= 4 is 0 Å². The number of rotatable bonds is 4. The van der Waals surface area contributed by atoms with Gasteiger partial charge in [-0.1, -0.05) is 24.3 Å². The Bertz CT molecular complexity index is 337. The molecule has 0 radical (unpaired) electrons. The third-order valence-electron chi connectivity index (χ3n) is 3.42. The van der Waals surface area contributed by atoms with E-state index >= 15 is 0 Å². The van der Waals surface area contributed by atoms with E-state index in [0.29, 0.717) is 12.1 Å². The van der Waals surface area contributed by atoms with Gasteiger partial charge >= 0.3 is 0 Å². The Labute approximate surface area is 97.7 Å². The van der Waals surface area contributed by atoms with Gasteiger partial charge in [0.1, 0.15) is 0 Å². The fourth-order valence-electron chi connectivity index (χ4n) is 2.55. The molecule has 0 saturated carbocycles. The standard InChI is InChI=1S/C14H21NO/c1-11(9-10-16)15-14-8-4-6-12-5-2-3-7-13(12)14/h2-3,5,7,11,14-16H,4,6,8-10H2,1H3/t11-,14?/m1/s1. The lowest BCUT2D eigenvalue weighted by atomic mass is 9.87. The largest absolute Gasteiger partial charge is 0.396 e. The van der Waals surface area contributed by atoms with Gasteiger partial charge in [0.25, 0.3) is 0 Å². The molecule has 0 fully saturated rings. The summed E-state index contributed by atoms with van der Waals surface area (Å²) in [6.45, 7) is 2.41. The number of aryl methyl sites for hydroxylation is 1. The van der Waals surface area contributed by atoms with Crippen LogP contribution in [0.1, 0.15) is 43.4 Å². The summed E-state index contributed by atoms with van der Waals surface area (Å²) in [5.74, 6) is 0. The van der Waals surface area contributed by atoms with Crippen LogP contribution in [-0.2, 0) is 6.42 Å². The van der Waals surface area contributed by atoms with Crippen molar-refractivity contribution in [1.29, 1.82) is 0 Å². The normalized spacial score (nSPS) is 21.5. The lowest BCUT2D eigenvalue weighted by Gasteiger charge is -2.29. The van der Waals surface area contributed by atoms with Gasteiger partial charge in [-0.3, -0.25) is 0 Å². The Morgan fingerprint density at radius 2 is 2.25 bits per heavy atom. The summed E-state index contributed by atoms with van der Waals surface area (Å²) in [5, 5.41) is 12.5. The van der Waals surface area contributed by atoms with Crippen molar-refractivity contribution in [3.05, 3.63) is 35.4 Å². The first-order valence-corrected chi connectivity index (χ1v) is 6.26.